The maximum atomic E-state index is 12.4. The first-order chi connectivity index (χ1) is 14.5. The van der Waals surface area contributed by atoms with E-state index in [0.29, 0.717) is 23.6 Å². The van der Waals surface area contributed by atoms with Crippen molar-refractivity contribution in [3.63, 3.8) is 0 Å². The fourth-order valence-corrected chi connectivity index (χ4v) is 3.62. The van der Waals surface area contributed by atoms with Gasteiger partial charge in [0.1, 0.15) is 0 Å². The van der Waals surface area contributed by atoms with Crippen molar-refractivity contribution in [1.29, 1.82) is 0 Å². The van der Waals surface area contributed by atoms with E-state index in [4.69, 9.17) is 16.3 Å². The standard InChI is InChI=1S/C22H24ClN3O4/c1-30-21(28)13-19(17-5-2-3-6-18(17)23)25-22(29)24-14-15-8-10-16(11-9-15)26-12-4-7-20(26)27/h2-3,5-6,8-11,19H,4,7,12-14H2,1H3,(H2,24,25,29). The first-order valence-corrected chi connectivity index (χ1v) is 10.1. The van der Waals surface area contributed by atoms with Crippen LogP contribution in [0.15, 0.2) is 48.5 Å². The number of halogens is 1. The van der Waals surface area contributed by atoms with E-state index >= 15 is 0 Å². The van der Waals surface area contributed by atoms with Crippen LogP contribution in [-0.4, -0.2) is 31.6 Å². The zero-order valence-corrected chi connectivity index (χ0v) is 17.4. The lowest BCUT2D eigenvalue weighted by Crippen LogP contribution is -2.38. The number of carbonyl (C=O) groups excluding carboxylic acids is 3. The zero-order valence-electron chi connectivity index (χ0n) is 16.7. The van der Waals surface area contributed by atoms with Gasteiger partial charge in [0.15, 0.2) is 0 Å². The highest BCUT2D eigenvalue weighted by molar-refractivity contribution is 6.31. The lowest BCUT2D eigenvalue weighted by Gasteiger charge is -2.20. The maximum absolute atomic E-state index is 12.4. The summed E-state index contributed by atoms with van der Waals surface area (Å²) in [7, 11) is 1.30. The molecule has 7 nitrogen and oxygen atoms in total. The lowest BCUT2D eigenvalue weighted by atomic mass is 10.0. The Hall–Kier alpha value is -3.06. The average molecular weight is 430 g/mol. The van der Waals surface area contributed by atoms with Crippen LogP contribution in [-0.2, 0) is 20.9 Å². The fraction of sp³-hybridized carbons (Fsp3) is 0.318. The second kappa shape index (κ2) is 10.1. The number of carbonyl (C=O) groups is 3. The highest BCUT2D eigenvalue weighted by Crippen LogP contribution is 2.25. The van der Waals surface area contributed by atoms with E-state index in [1.807, 2.05) is 24.3 Å². The maximum Gasteiger partial charge on any atom is 0.315 e. The molecule has 3 rings (SSSR count). The van der Waals surface area contributed by atoms with Crippen molar-refractivity contribution in [3.05, 3.63) is 64.7 Å². The first-order valence-electron chi connectivity index (χ1n) is 9.73. The van der Waals surface area contributed by atoms with E-state index < -0.39 is 18.0 Å². The van der Waals surface area contributed by atoms with E-state index in [9.17, 15) is 14.4 Å². The molecule has 0 bridgehead atoms. The second-order valence-corrected chi connectivity index (χ2v) is 7.40. The van der Waals surface area contributed by atoms with Crippen molar-refractivity contribution in [3.8, 4) is 0 Å². The van der Waals surface area contributed by atoms with Crippen LogP contribution in [0.4, 0.5) is 10.5 Å². The third-order valence-corrected chi connectivity index (χ3v) is 5.30. The molecule has 0 aromatic heterocycles. The Kier molecular flexibility index (Phi) is 7.30. The molecular formula is C22H24ClN3O4. The number of hydrogen-bond acceptors (Lipinski definition) is 4. The number of nitrogens with zero attached hydrogens (tertiary/aromatic N) is 1. The Balaban J connectivity index is 1.59. The van der Waals surface area contributed by atoms with Crippen LogP contribution in [0.25, 0.3) is 0 Å². The molecule has 1 unspecified atom stereocenters. The summed E-state index contributed by atoms with van der Waals surface area (Å²) in [5.41, 5.74) is 2.39. The number of nitrogens with one attached hydrogen (secondary N) is 2. The Morgan fingerprint density at radius 1 is 1.17 bits per heavy atom. The summed E-state index contributed by atoms with van der Waals surface area (Å²) in [5.74, 6) is -0.316. The monoisotopic (exact) mass is 429 g/mol. The largest absolute Gasteiger partial charge is 0.469 e. The van der Waals surface area contributed by atoms with Gasteiger partial charge in [0.25, 0.3) is 0 Å². The molecule has 1 aliphatic heterocycles. The molecule has 0 spiro atoms. The molecule has 158 valence electrons. The van der Waals surface area contributed by atoms with Crippen molar-refractivity contribution in [1.82, 2.24) is 10.6 Å². The summed E-state index contributed by atoms with van der Waals surface area (Å²) in [6, 6.07) is 13.5. The fourth-order valence-electron chi connectivity index (χ4n) is 3.35. The number of ether oxygens (including phenoxy) is 1. The Labute approximate surface area is 180 Å². The van der Waals surface area contributed by atoms with Crippen LogP contribution in [0.5, 0.6) is 0 Å². The lowest BCUT2D eigenvalue weighted by molar-refractivity contribution is -0.141. The summed E-state index contributed by atoms with van der Waals surface area (Å²) < 4.78 is 4.73. The van der Waals surface area contributed by atoms with E-state index in [-0.39, 0.29) is 12.3 Å². The SMILES string of the molecule is COC(=O)CC(NC(=O)NCc1ccc(N2CCCC2=O)cc1)c1ccccc1Cl. The van der Waals surface area contributed by atoms with Crippen LogP contribution in [0.2, 0.25) is 5.02 Å². The Bertz CT molecular complexity index is 917. The molecule has 2 N–H and O–H groups in total. The van der Waals surface area contributed by atoms with Crippen LogP contribution in [0.1, 0.15) is 36.4 Å². The number of methoxy groups -OCH3 is 1. The van der Waals surface area contributed by atoms with E-state index in [1.54, 1.807) is 29.2 Å². The summed E-state index contributed by atoms with van der Waals surface area (Å²) >= 11 is 6.23. The molecule has 30 heavy (non-hydrogen) atoms. The van der Waals surface area contributed by atoms with Crippen LogP contribution >= 0.6 is 11.6 Å². The quantitative estimate of drug-likeness (QED) is 0.658. The van der Waals surface area contributed by atoms with Gasteiger partial charge in [0, 0.05) is 30.2 Å². The van der Waals surface area contributed by atoms with Crippen molar-refractivity contribution >= 4 is 35.2 Å². The normalized spacial score (nSPS) is 14.3. The van der Waals surface area contributed by atoms with E-state index in [1.165, 1.54) is 7.11 Å². The number of urea groups is 1. The summed E-state index contributed by atoms with van der Waals surface area (Å²) in [6.07, 6.45) is 1.42. The summed E-state index contributed by atoms with van der Waals surface area (Å²) in [5, 5.41) is 6.02. The molecule has 0 radical (unpaired) electrons. The number of anilines is 1. The molecule has 0 aliphatic carbocycles. The topological polar surface area (TPSA) is 87.7 Å². The predicted molar refractivity (Wildman–Crippen MR) is 114 cm³/mol. The van der Waals surface area contributed by atoms with Crippen molar-refractivity contribution in [2.24, 2.45) is 0 Å². The van der Waals surface area contributed by atoms with Gasteiger partial charge < -0.3 is 20.3 Å². The third-order valence-electron chi connectivity index (χ3n) is 4.96. The van der Waals surface area contributed by atoms with Crippen LogP contribution in [0.3, 0.4) is 0 Å². The van der Waals surface area contributed by atoms with Gasteiger partial charge in [-0.2, -0.15) is 0 Å². The molecule has 1 heterocycles. The molecule has 0 saturated carbocycles. The number of benzene rings is 2. The molecule has 1 saturated heterocycles. The number of esters is 1. The smallest absolute Gasteiger partial charge is 0.315 e. The minimum atomic E-state index is -0.616. The molecule has 2 aromatic rings. The summed E-state index contributed by atoms with van der Waals surface area (Å²) in [4.78, 5) is 37.8. The first kappa shape index (κ1) is 21.6. The summed E-state index contributed by atoms with van der Waals surface area (Å²) in [6.45, 7) is 1.04. The van der Waals surface area contributed by atoms with Crippen molar-refractivity contribution in [2.75, 3.05) is 18.6 Å². The van der Waals surface area contributed by atoms with Crippen molar-refractivity contribution in [2.45, 2.75) is 31.8 Å². The highest BCUT2D eigenvalue weighted by atomic mass is 35.5. The molecule has 1 aliphatic rings. The number of hydrogen-bond donors (Lipinski definition) is 2. The second-order valence-electron chi connectivity index (χ2n) is 7.00. The van der Waals surface area contributed by atoms with Crippen LogP contribution in [0, 0.1) is 0 Å². The van der Waals surface area contributed by atoms with E-state index in [0.717, 1.165) is 24.2 Å². The minimum Gasteiger partial charge on any atom is -0.469 e. The minimum absolute atomic E-state index is 0.0355. The van der Waals surface area contributed by atoms with Gasteiger partial charge in [-0.1, -0.05) is 41.9 Å². The molecule has 1 fully saturated rings. The number of amides is 3. The predicted octanol–water partition coefficient (Wildman–Crippen LogP) is 3.57. The zero-order chi connectivity index (χ0) is 21.5. The van der Waals surface area contributed by atoms with Gasteiger partial charge >= 0.3 is 12.0 Å². The van der Waals surface area contributed by atoms with Gasteiger partial charge in [-0.05, 0) is 35.7 Å². The van der Waals surface area contributed by atoms with Gasteiger partial charge in [-0.3, -0.25) is 9.59 Å². The van der Waals surface area contributed by atoms with Crippen LogP contribution < -0.4 is 15.5 Å². The average Bonchev–Trinajstić information content (AvgIpc) is 3.18. The van der Waals surface area contributed by atoms with Gasteiger partial charge in [0.05, 0.1) is 19.6 Å². The molecule has 3 amide bonds. The van der Waals surface area contributed by atoms with Gasteiger partial charge in [-0.15, -0.1) is 0 Å². The number of rotatable bonds is 7. The molecule has 8 heteroatoms. The van der Waals surface area contributed by atoms with E-state index in [2.05, 4.69) is 10.6 Å². The Morgan fingerprint density at radius 2 is 1.90 bits per heavy atom. The van der Waals surface area contributed by atoms with Gasteiger partial charge in [0.2, 0.25) is 5.91 Å². The Morgan fingerprint density at radius 3 is 2.53 bits per heavy atom. The molecular weight excluding hydrogens is 406 g/mol. The molecule has 2 aromatic carbocycles. The van der Waals surface area contributed by atoms with Crippen molar-refractivity contribution < 1.29 is 19.1 Å². The van der Waals surface area contributed by atoms with Gasteiger partial charge in [-0.25, -0.2) is 4.79 Å². The molecule has 1 atom stereocenters. The highest BCUT2D eigenvalue weighted by Gasteiger charge is 2.22. The third kappa shape index (κ3) is 5.51.